The topological polar surface area (TPSA) is 70.1 Å². The van der Waals surface area contributed by atoms with Crippen LogP contribution in [0.5, 0.6) is 0 Å². The lowest BCUT2D eigenvalue weighted by atomic mass is 10.1. The third kappa shape index (κ3) is 3.51. The predicted molar refractivity (Wildman–Crippen MR) is 76.7 cm³/mol. The number of hydrazone groups is 1. The number of hydrogen-bond donors (Lipinski definition) is 2. The smallest absolute Gasteiger partial charge is 0.252 e. The maximum absolute atomic E-state index is 11.2. The molecule has 0 saturated carbocycles. The van der Waals surface area contributed by atoms with Crippen molar-refractivity contribution in [3.8, 4) is 0 Å². The SMILES string of the molecule is Cc1ccc(/C=N/Nc2nc(C)cc(=O)[nH]2)c(C)c1. The number of aromatic amines is 1. The molecule has 0 aliphatic heterocycles. The van der Waals surface area contributed by atoms with Crippen LogP contribution in [0.3, 0.4) is 0 Å². The van der Waals surface area contributed by atoms with Crippen LogP contribution < -0.4 is 11.0 Å². The second-order valence-electron chi connectivity index (χ2n) is 4.47. The van der Waals surface area contributed by atoms with E-state index in [2.05, 4.69) is 26.6 Å². The fourth-order valence-corrected chi connectivity index (χ4v) is 1.77. The number of H-pyrrole nitrogens is 1. The molecule has 2 rings (SSSR count). The van der Waals surface area contributed by atoms with Gasteiger partial charge in [0.1, 0.15) is 0 Å². The minimum Gasteiger partial charge on any atom is -0.291 e. The number of rotatable bonds is 3. The van der Waals surface area contributed by atoms with E-state index in [4.69, 9.17) is 0 Å². The van der Waals surface area contributed by atoms with Gasteiger partial charge in [0.25, 0.3) is 5.56 Å². The molecule has 0 aliphatic rings. The molecular weight excluding hydrogens is 240 g/mol. The summed E-state index contributed by atoms with van der Waals surface area (Å²) in [5.41, 5.74) is 6.55. The molecule has 0 bridgehead atoms. The van der Waals surface area contributed by atoms with Crippen LogP contribution in [0.1, 0.15) is 22.4 Å². The minimum absolute atomic E-state index is 0.197. The molecule has 0 fully saturated rings. The van der Waals surface area contributed by atoms with E-state index >= 15 is 0 Å². The zero-order valence-corrected chi connectivity index (χ0v) is 11.2. The standard InChI is InChI=1S/C14H16N4O/c1-9-4-5-12(10(2)6-9)8-15-18-14-16-11(3)7-13(19)17-14/h4-8H,1-3H3,(H2,16,17,18,19)/b15-8+. The van der Waals surface area contributed by atoms with Gasteiger partial charge in [-0.25, -0.2) is 10.4 Å². The minimum atomic E-state index is -0.197. The molecule has 98 valence electrons. The molecule has 19 heavy (non-hydrogen) atoms. The second kappa shape index (κ2) is 5.48. The molecule has 5 heteroatoms. The van der Waals surface area contributed by atoms with Gasteiger partial charge in [-0.2, -0.15) is 5.10 Å². The average molecular weight is 256 g/mol. The summed E-state index contributed by atoms with van der Waals surface area (Å²) in [6.07, 6.45) is 1.71. The molecule has 0 unspecified atom stereocenters. The summed E-state index contributed by atoms with van der Waals surface area (Å²) in [5, 5.41) is 4.08. The van der Waals surface area contributed by atoms with E-state index in [1.165, 1.54) is 11.6 Å². The Balaban J connectivity index is 2.13. The first-order valence-corrected chi connectivity index (χ1v) is 5.99. The summed E-state index contributed by atoms with van der Waals surface area (Å²) in [4.78, 5) is 17.9. The second-order valence-corrected chi connectivity index (χ2v) is 4.47. The van der Waals surface area contributed by atoms with Crippen molar-refractivity contribution >= 4 is 12.2 Å². The van der Waals surface area contributed by atoms with E-state index in [0.29, 0.717) is 11.6 Å². The first kappa shape index (κ1) is 13.0. The molecule has 0 atom stereocenters. The molecule has 2 aromatic rings. The highest BCUT2D eigenvalue weighted by Crippen LogP contribution is 2.08. The lowest BCUT2D eigenvalue weighted by Gasteiger charge is -2.02. The van der Waals surface area contributed by atoms with Crippen molar-refractivity contribution < 1.29 is 0 Å². The highest BCUT2D eigenvalue weighted by Gasteiger charge is 1.97. The first-order valence-electron chi connectivity index (χ1n) is 5.99. The van der Waals surface area contributed by atoms with Crippen LogP contribution in [0.25, 0.3) is 0 Å². The Bertz CT molecular complexity index is 673. The highest BCUT2D eigenvalue weighted by molar-refractivity contribution is 5.82. The zero-order valence-electron chi connectivity index (χ0n) is 11.2. The fourth-order valence-electron chi connectivity index (χ4n) is 1.77. The van der Waals surface area contributed by atoms with Crippen molar-refractivity contribution in [2.75, 3.05) is 5.43 Å². The maximum Gasteiger partial charge on any atom is 0.252 e. The van der Waals surface area contributed by atoms with Crippen LogP contribution in [0, 0.1) is 20.8 Å². The molecule has 0 amide bonds. The lowest BCUT2D eigenvalue weighted by molar-refractivity contribution is 1.04. The van der Waals surface area contributed by atoms with Crippen molar-refractivity contribution in [1.29, 1.82) is 0 Å². The van der Waals surface area contributed by atoms with Gasteiger partial charge >= 0.3 is 0 Å². The van der Waals surface area contributed by atoms with Crippen LogP contribution in [-0.2, 0) is 0 Å². The van der Waals surface area contributed by atoms with Gasteiger partial charge in [0.15, 0.2) is 0 Å². The molecular formula is C14H16N4O. The molecule has 0 saturated heterocycles. The third-order valence-electron chi connectivity index (χ3n) is 2.67. The highest BCUT2D eigenvalue weighted by atomic mass is 16.1. The van der Waals surface area contributed by atoms with Crippen LogP contribution in [0.4, 0.5) is 5.95 Å². The zero-order chi connectivity index (χ0) is 13.8. The van der Waals surface area contributed by atoms with E-state index in [1.807, 2.05) is 26.0 Å². The number of hydrogen-bond acceptors (Lipinski definition) is 4. The number of nitrogens with zero attached hydrogens (tertiary/aromatic N) is 2. The number of aromatic nitrogens is 2. The van der Waals surface area contributed by atoms with E-state index in [-0.39, 0.29) is 5.56 Å². The van der Waals surface area contributed by atoms with Gasteiger partial charge in [0.2, 0.25) is 5.95 Å². The van der Waals surface area contributed by atoms with Gasteiger partial charge < -0.3 is 0 Å². The average Bonchev–Trinajstić information content (AvgIpc) is 2.30. The van der Waals surface area contributed by atoms with E-state index in [1.54, 1.807) is 13.1 Å². The van der Waals surface area contributed by atoms with Gasteiger partial charge in [0.05, 0.1) is 6.21 Å². The molecule has 0 spiro atoms. The van der Waals surface area contributed by atoms with Gasteiger partial charge in [-0.05, 0) is 31.9 Å². The number of anilines is 1. The van der Waals surface area contributed by atoms with Crippen LogP contribution in [0.2, 0.25) is 0 Å². The van der Waals surface area contributed by atoms with Gasteiger partial charge in [0, 0.05) is 11.8 Å². The predicted octanol–water partition coefficient (Wildman–Crippen LogP) is 2.14. The molecule has 1 aromatic carbocycles. The maximum atomic E-state index is 11.2. The summed E-state index contributed by atoms with van der Waals surface area (Å²) in [5.74, 6) is 0.339. The monoisotopic (exact) mass is 256 g/mol. The van der Waals surface area contributed by atoms with E-state index in [9.17, 15) is 4.79 Å². The Kier molecular flexibility index (Phi) is 3.75. The molecule has 5 nitrogen and oxygen atoms in total. The Hall–Kier alpha value is -2.43. The number of aryl methyl sites for hydroxylation is 3. The summed E-state index contributed by atoms with van der Waals surface area (Å²) in [6, 6.07) is 7.55. The van der Waals surface area contributed by atoms with Gasteiger partial charge in [-0.1, -0.05) is 23.8 Å². The van der Waals surface area contributed by atoms with Crippen molar-refractivity contribution in [3.63, 3.8) is 0 Å². The summed E-state index contributed by atoms with van der Waals surface area (Å²) in [6.45, 7) is 5.84. The summed E-state index contributed by atoms with van der Waals surface area (Å²) < 4.78 is 0. The molecule has 0 radical (unpaired) electrons. The van der Waals surface area contributed by atoms with Crippen molar-refractivity contribution in [1.82, 2.24) is 9.97 Å². The number of benzene rings is 1. The Morgan fingerprint density at radius 1 is 1.26 bits per heavy atom. The fraction of sp³-hybridized carbons (Fsp3) is 0.214. The Morgan fingerprint density at radius 3 is 2.74 bits per heavy atom. The first-order chi connectivity index (χ1) is 9.04. The Morgan fingerprint density at radius 2 is 2.05 bits per heavy atom. The largest absolute Gasteiger partial charge is 0.291 e. The van der Waals surface area contributed by atoms with Crippen LogP contribution in [-0.4, -0.2) is 16.2 Å². The molecule has 0 aliphatic carbocycles. The van der Waals surface area contributed by atoms with Crippen molar-refractivity contribution in [3.05, 3.63) is 57.0 Å². The van der Waals surface area contributed by atoms with Gasteiger partial charge in [-0.15, -0.1) is 0 Å². The van der Waals surface area contributed by atoms with E-state index in [0.717, 1.165) is 11.1 Å². The summed E-state index contributed by atoms with van der Waals surface area (Å²) >= 11 is 0. The quantitative estimate of drug-likeness (QED) is 0.653. The van der Waals surface area contributed by atoms with Crippen molar-refractivity contribution in [2.45, 2.75) is 20.8 Å². The van der Waals surface area contributed by atoms with Crippen LogP contribution in [0.15, 0.2) is 34.2 Å². The lowest BCUT2D eigenvalue weighted by Crippen LogP contribution is -2.10. The van der Waals surface area contributed by atoms with Crippen molar-refractivity contribution in [2.24, 2.45) is 5.10 Å². The summed E-state index contributed by atoms with van der Waals surface area (Å²) in [7, 11) is 0. The van der Waals surface area contributed by atoms with E-state index < -0.39 is 0 Å². The molecule has 2 N–H and O–H groups in total. The third-order valence-corrected chi connectivity index (χ3v) is 2.67. The van der Waals surface area contributed by atoms with Crippen LogP contribution >= 0.6 is 0 Å². The van der Waals surface area contributed by atoms with Gasteiger partial charge in [-0.3, -0.25) is 9.78 Å². The molecule has 1 aromatic heterocycles. The number of nitrogens with one attached hydrogen (secondary N) is 2. The normalized spacial score (nSPS) is 10.9. The molecule has 1 heterocycles. The Labute approximate surface area is 111 Å².